The van der Waals surface area contributed by atoms with Gasteiger partial charge < -0.3 is 15.1 Å². The van der Waals surface area contributed by atoms with Gasteiger partial charge in [0.15, 0.2) is 0 Å². The number of piperidine rings is 1. The molecule has 2 fully saturated rings. The summed E-state index contributed by atoms with van der Waals surface area (Å²) in [6.07, 6.45) is 1.05. The molecule has 8 heteroatoms. The van der Waals surface area contributed by atoms with Crippen molar-refractivity contribution in [3.05, 3.63) is 53.6 Å². The minimum absolute atomic E-state index is 0.0347. The highest BCUT2D eigenvalue weighted by Crippen LogP contribution is 2.26. The van der Waals surface area contributed by atoms with Gasteiger partial charge in [0, 0.05) is 56.6 Å². The first-order valence-corrected chi connectivity index (χ1v) is 13.7. The van der Waals surface area contributed by atoms with Gasteiger partial charge >= 0.3 is 0 Å². The summed E-state index contributed by atoms with van der Waals surface area (Å²) in [5.74, 6) is -0.222. The summed E-state index contributed by atoms with van der Waals surface area (Å²) in [5.41, 5.74) is 4.00. The van der Waals surface area contributed by atoms with Gasteiger partial charge in [-0.2, -0.15) is 4.31 Å². The number of nitrogens with zero attached hydrogens (tertiary/aromatic N) is 3. The Morgan fingerprint density at radius 3 is 2.15 bits per heavy atom. The van der Waals surface area contributed by atoms with Crippen LogP contribution < -0.4 is 10.2 Å². The van der Waals surface area contributed by atoms with Gasteiger partial charge in [0.25, 0.3) is 0 Å². The molecule has 1 N–H and O–H groups in total. The fraction of sp³-hybridized carbons (Fsp3) is 0.500. The Balaban J connectivity index is 1.30. The number of anilines is 2. The predicted octanol–water partition coefficient (Wildman–Crippen LogP) is 3.48. The van der Waals surface area contributed by atoms with E-state index in [0.717, 1.165) is 49.5 Å². The number of sulfonamides is 1. The fourth-order valence-corrected chi connectivity index (χ4v) is 6.26. The molecular formula is C26H36N4O3S. The monoisotopic (exact) mass is 484 g/mol. The molecule has 0 aromatic heterocycles. The maximum Gasteiger partial charge on any atom is 0.243 e. The summed E-state index contributed by atoms with van der Waals surface area (Å²) in [5, 5.41) is 3.02. The first kappa shape index (κ1) is 24.7. The van der Waals surface area contributed by atoms with E-state index in [4.69, 9.17) is 0 Å². The second-order valence-corrected chi connectivity index (χ2v) is 11.3. The smallest absolute Gasteiger partial charge is 0.243 e. The third kappa shape index (κ3) is 5.45. The van der Waals surface area contributed by atoms with E-state index in [1.54, 1.807) is 12.1 Å². The fourth-order valence-electron chi connectivity index (χ4n) is 4.70. The molecule has 0 unspecified atom stereocenters. The molecule has 34 heavy (non-hydrogen) atoms. The van der Waals surface area contributed by atoms with E-state index in [-0.39, 0.29) is 11.8 Å². The van der Waals surface area contributed by atoms with Crippen LogP contribution in [0.3, 0.4) is 0 Å². The van der Waals surface area contributed by atoms with Gasteiger partial charge in [0.1, 0.15) is 0 Å². The molecule has 0 aliphatic carbocycles. The van der Waals surface area contributed by atoms with Crippen LogP contribution in [0.4, 0.5) is 11.4 Å². The molecule has 4 rings (SSSR count). The van der Waals surface area contributed by atoms with Gasteiger partial charge in [-0.25, -0.2) is 8.42 Å². The summed E-state index contributed by atoms with van der Waals surface area (Å²) >= 11 is 0. The second-order valence-electron chi connectivity index (χ2n) is 9.38. The van der Waals surface area contributed by atoms with E-state index in [9.17, 15) is 13.2 Å². The topological polar surface area (TPSA) is 73.0 Å². The van der Waals surface area contributed by atoms with E-state index in [2.05, 4.69) is 34.2 Å². The third-order valence-electron chi connectivity index (χ3n) is 7.26. The Morgan fingerprint density at radius 1 is 0.912 bits per heavy atom. The lowest BCUT2D eigenvalue weighted by atomic mass is 9.97. The number of hydrogen-bond donors (Lipinski definition) is 1. The van der Waals surface area contributed by atoms with Crippen molar-refractivity contribution in [2.75, 3.05) is 56.0 Å². The molecule has 184 valence electrons. The molecule has 1 amide bonds. The highest BCUT2D eigenvalue weighted by atomic mass is 32.2. The summed E-state index contributed by atoms with van der Waals surface area (Å²) in [6.45, 7) is 12.1. The molecule has 7 nitrogen and oxygen atoms in total. The molecule has 2 aliphatic rings. The lowest BCUT2D eigenvalue weighted by Gasteiger charge is -2.35. The molecule has 2 saturated heterocycles. The van der Waals surface area contributed by atoms with Crippen LogP contribution >= 0.6 is 0 Å². The van der Waals surface area contributed by atoms with Crippen LogP contribution in [0.25, 0.3) is 0 Å². The first-order chi connectivity index (χ1) is 16.3. The number of benzene rings is 2. The van der Waals surface area contributed by atoms with E-state index in [1.807, 2.05) is 32.0 Å². The highest BCUT2D eigenvalue weighted by molar-refractivity contribution is 7.89. The molecule has 2 aliphatic heterocycles. The van der Waals surface area contributed by atoms with Crippen molar-refractivity contribution >= 4 is 27.3 Å². The molecule has 0 atom stereocenters. The molecule has 0 spiro atoms. The number of carbonyl (C=O) groups is 1. The van der Waals surface area contributed by atoms with Gasteiger partial charge in [0.2, 0.25) is 15.9 Å². The van der Waals surface area contributed by atoms with Crippen LogP contribution in [0, 0.1) is 19.8 Å². The van der Waals surface area contributed by atoms with Crippen LogP contribution in [-0.2, 0) is 14.8 Å². The molecular weight excluding hydrogens is 448 g/mol. The van der Waals surface area contributed by atoms with Gasteiger partial charge in [-0.3, -0.25) is 4.79 Å². The van der Waals surface area contributed by atoms with Crippen molar-refractivity contribution in [2.45, 2.75) is 38.5 Å². The number of aryl methyl sites for hydroxylation is 2. The predicted molar refractivity (Wildman–Crippen MR) is 137 cm³/mol. The van der Waals surface area contributed by atoms with Crippen molar-refractivity contribution in [3.8, 4) is 0 Å². The van der Waals surface area contributed by atoms with Gasteiger partial charge in [-0.1, -0.05) is 13.0 Å². The number of amides is 1. The van der Waals surface area contributed by atoms with Crippen molar-refractivity contribution in [3.63, 3.8) is 0 Å². The molecule has 0 saturated carbocycles. The average Bonchev–Trinajstić information content (AvgIpc) is 2.86. The average molecular weight is 485 g/mol. The maximum atomic E-state index is 13.0. The Labute approximate surface area is 203 Å². The summed E-state index contributed by atoms with van der Waals surface area (Å²) < 4.78 is 27.6. The van der Waals surface area contributed by atoms with Crippen molar-refractivity contribution in [1.82, 2.24) is 9.21 Å². The highest BCUT2D eigenvalue weighted by Gasteiger charge is 2.32. The Bertz CT molecular complexity index is 1100. The Morgan fingerprint density at radius 2 is 1.56 bits per heavy atom. The molecule has 2 heterocycles. The quantitative estimate of drug-likeness (QED) is 0.680. The molecule has 2 aromatic carbocycles. The zero-order valence-electron chi connectivity index (χ0n) is 20.5. The minimum atomic E-state index is -3.54. The first-order valence-electron chi connectivity index (χ1n) is 12.2. The van der Waals surface area contributed by atoms with Crippen molar-refractivity contribution in [1.29, 1.82) is 0 Å². The van der Waals surface area contributed by atoms with Crippen LogP contribution in [0.15, 0.2) is 47.4 Å². The normalized spacial score (nSPS) is 18.7. The number of piperazine rings is 1. The third-order valence-corrected chi connectivity index (χ3v) is 9.15. The van der Waals surface area contributed by atoms with E-state index < -0.39 is 10.0 Å². The molecule has 0 radical (unpaired) electrons. The number of nitrogens with one attached hydrogen (secondary N) is 1. The maximum absolute atomic E-state index is 13.0. The van der Waals surface area contributed by atoms with Gasteiger partial charge in [-0.15, -0.1) is 0 Å². The van der Waals surface area contributed by atoms with E-state index in [1.165, 1.54) is 9.99 Å². The number of carbonyl (C=O) groups excluding carboxylic acids is 1. The Kier molecular flexibility index (Phi) is 7.60. The lowest BCUT2D eigenvalue weighted by Crippen LogP contribution is -2.46. The largest absolute Gasteiger partial charge is 0.369 e. The number of likely N-dealkylation sites (N-methyl/N-ethyl adjacent to an activating group) is 1. The minimum Gasteiger partial charge on any atom is -0.369 e. The number of rotatable bonds is 6. The van der Waals surface area contributed by atoms with Crippen LogP contribution in [-0.4, -0.2) is 69.3 Å². The standard InChI is InChI=1S/C26H36N4O3S/c1-4-28-15-17-29(18-16-28)24-8-6-23(7-9-24)27-26(31)22-11-13-30(14-12-22)34(32,33)25-10-5-20(2)21(3)19-25/h5-10,19,22H,4,11-18H2,1-3H3,(H,27,31). The van der Waals surface area contributed by atoms with Crippen LogP contribution in [0.5, 0.6) is 0 Å². The van der Waals surface area contributed by atoms with Crippen molar-refractivity contribution in [2.24, 2.45) is 5.92 Å². The van der Waals surface area contributed by atoms with Crippen molar-refractivity contribution < 1.29 is 13.2 Å². The van der Waals surface area contributed by atoms with E-state index >= 15 is 0 Å². The zero-order chi connectivity index (χ0) is 24.3. The second kappa shape index (κ2) is 10.5. The SMILES string of the molecule is CCN1CCN(c2ccc(NC(=O)C3CCN(S(=O)(=O)c4ccc(C)c(C)c4)CC3)cc2)CC1. The van der Waals surface area contributed by atoms with Gasteiger partial charge in [0.05, 0.1) is 4.90 Å². The molecule has 0 bridgehead atoms. The van der Waals surface area contributed by atoms with Gasteiger partial charge in [-0.05, 0) is 80.8 Å². The number of hydrogen-bond acceptors (Lipinski definition) is 5. The summed E-state index contributed by atoms with van der Waals surface area (Å²) in [7, 11) is -3.54. The molecule has 2 aromatic rings. The van der Waals surface area contributed by atoms with Crippen LogP contribution in [0.1, 0.15) is 30.9 Å². The van der Waals surface area contributed by atoms with Crippen LogP contribution in [0.2, 0.25) is 0 Å². The summed E-state index contributed by atoms with van der Waals surface area (Å²) in [4.78, 5) is 18.0. The Hall–Kier alpha value is -2.42. The lowest BCUT2D eigenvalue weighted by molar-refractivity contribution is -0.120. The summed E-state index contributed by atoms with van der Waals surface area (Å²) in [6, 6.07) is 13.3. The zero-order valence-corrected chi connectivity index (χ0v) is 21.3. The van der Waals surface area contributed by atoms with E-state index in [0.29, 0.717) is 30.8 Å².